The maximum atomic E-state index is 14.2. The Morgan fingerprint density at radius 1 is 1.17 bits per heavy atom. The van der Waals surface area contributed by atoms with Gasteiger partial charge in [-0.1, -0.05) is 36.4 Å². The lowest BCUT2D eigenvalue weighted by atomic mass is 9.75. The van der Waals surface area contributed by atoms with Gasteiger partial charge in [0.1, 0.15) is 17.0 Å². The highest BCUT2D eigenvalue weighted by atomic mass is 19.3. The molecule has 0 aromatic heterocycles. The Kier molecular flexibility index (Phi) is 6.84. The molecule has 1 heterocycles. The van der Waals surface area contributed by atoms with E-state index in [0.29, 0.717) is 30.7 Å². The van der Waals surface area contributed by atoms with Gasteiger partial charge in [0, 0.05) is 25.3 Å². The summed E-state index contributed by atoms with van der Waals surface area (Å²) in [6, 6.07) is 13.3. The van der Waals surface area contributed by atoms with E-state index in [-0.39, 0.29) is 18.8 Å². The molecule has 4 rings (SSSR count). The summed E-state index contributed by atoms with van der Waals surface area (Å²) in [4.78, 5) is 14.9. The molecule has 7 heteroatoms. The largest absolute Gasteiger partial charge is 0.496 e. The molecule has 1 fully saturated rings. The van der Waals surface area contributed by atoms with Crippen molar-refractivity contribution in [3.8, 4) is 5.75 Å². The number of benzene rings is 2. The second kappa shape index (κ2) is 9.41. The first-order valence-corrected chi connectivity index (χ1v) is 12.3. The molecule has 1 amide bonds. The van der Waals surface area contributed by atoms with Gasteiger partial charge in [0.2, 0.25) is 0 Å². The molecular weight excluding hydrogens is 450 g/mol. The molecule has 0 saturated carbocycles. The van der Waals surface area contributed by atoms with Gasteiger partial charge < -0.3 is 15.2 Å². The molecule has 2 atom stereocenters. The lowest BCUT2D eigenvalue weighted by Gasteiger charge is -2.50. The first kappa shape index (κ1) is 25.4. The number of amides is 1. The minimum Gasteiger partial charge on any atom is -0.496 e. The Balaban J connectivity index is 1.73. The van der Waals surface area contributed by atoms with Gasteiger partial charge in [-0.3, -0.25) is 4.90 Å². The number of nitrogens with two attached hydrogens (primary N) is 1. The monoisotopic (exact) mass is 486 g/mol. The lowest BCUT2D eigenvalue weighted by molar-refractivity contribution is -0.0385. The summed E-state index contributed by atoms with van der Waals surface area (Å²) in [5.74, 6) is -2.18. The van der Waals surface area contributed by atoms with Gasteiger partial charge in [-0.2, -0.15) is 0 Å². The smallest absolute Gasteiger partial charge is 0.412 e. The summed E-state index contributed by atoms with van der Waals surface area (Å²) in [5, 5.41) is 0. The summed E-state index contributed by atoms with van der Waals surface area (Å²) >= 11 is 0. The number of halogens is 2. The Morgan fingerprint density at radius 3 is 2.54 bits per heavy atom. The molecule has 0 spiro atoms. The van der Waals surface area contributed by atoms with Crippen molar-refractivity contribution in [1.82, 2.24) is 4.90 Å². The van der Waals surface area contributed by atoms with Gasteiger partial charge in [0.05, 0.1) is 7.11 Å². The van der Waals surface area contributed by atoms with Gasteiger partial charge in [0.25, 0.3) is 5.92 Å². The molecule has 0 radical (unpaired) electrons. The number of hydrogen-bond donors (Lipinski definition) is 1. The fourth-order valence-corrected chi connectivity index (χ4v) is 5.45. The van der Waals surface area contributed by atoms with Crippen LogP contribution in [0.25, 0.3) is 0 Å². The van der Waals surface area contributed by atoms with Crippen LogP contribution in [-0.4, -0.2) is 36.2 Å². The number of nitrogens with zero attached hydrogens (tertiary/aromatic N) is 1. The molecule has 2 aliphatic rings. The number of piperidine rings is 1. The zero-order chi connectivity index (χ0) is 25.4. The lowest BCUT2D eigenvalue weighted by Crippen LogP contribution is -2.63. The number of likely N-dealkylation sites (tertiary alicyclic amines) is 1. The molecule has 190 valence electrons. The molecule has 1 aliphatic heterocycles. The number of alkyl halides is 2. The van der Waals surface area contributed by atoms with Crippen molar-refractivity contribution >= 4 is 6.09 Å². The van der Waals surface area contributed by atoms with E-state index in [2.05, 4.69) is 0 Å². The third kappa shape index (κ3) is 5.30. The van der Waals surface area contributed by atoms with Crippen LogP contribution in [-0.2, 0) is 29.7 Å². The van der Waals surface area contributed by atoms with E-state index in [0.717, 1.165) is 29.5 Å². The van der Waals surface area contributed by atoms with E-state index in [1.165, 1.54) is 0 Å². The summed E-state index contributed by atoms with van der Waals surface area (Å²) in [7, 11) is 1.60. The molecule has 0 bridgehead atoms. The summed E-state index contributed by atoms with van der Waals surface area (Å²) in [6.45, 7) is 5.98. The fraction of sp³-hybridized carbons (Fsp3) is 0.536. The van der Waals surface area contributed by atoms with Crippen molar-refractivity contribution < 1.29 is 23.0 Å². The van der Waals surface area contributed by atoms with Crippen molar-refractivity contribution in [1.29, 1.82) is 0 Å². The number of fused-ring (bicyclic) bond motifs is 1. The Bertz CT molecular complexity index is 1070. The molecule has 35 heavy (non-hydrogen) atoms. The van der Waals surface area contributed by atoms with Crippen LogP contribution in [0.4, 0.5) is 13.6 Å². The second-order valence-corrected chi connectivity index (χ2v) is 10.8. The van der Waals surface area contributed by atoms with Crippen LogP contribution < -0.4 is 10.5 Å². The zero-order valence-electron chi connectivity index (χ0n) is 21.1. The summed E-state index contributed by atoms with van der Waals surface area (Å²) < 4.78 is 39.8. The van der Waals surface area contributed by atoms with Gasteiger partial charge in [-0.15, -0.1) is 0 Å². The highest BCUT2D eigenvalue weighted by Crippen LogP contribution is 2.43. The topological polar surface area (TPSA) is 64.8 Å². The molecule has 0 unspecified atom stereocenters. The van der Waals surface area contributed by atoms with Crippen LogP contribution in [0.3, 0.4) is 0 Å². The van der Waals surface area contributed by atoms with Crippen molar-refractivity contribution in [3.05, 3.63) is 64.7 Å². The van der Waals surface area contributed by atoms with Crippen LogP contribution in [0.15, 0.2) is 42.5 Å². The SMILES string of the molecule is COc1cc2c(cc1C[C@@H]1CCCN(C(=O)OC(C)(C)C)[C@]1(N)c1ccccc1)CC(F)(F)CC2. The van der Waals surface area contributed by atoms with Crippen molar-refractivity contribution in [3.63, 3.8) is 0 Å². The van der Waals surface area contributed by atoms with Gasteiger partial charge in [-0.05, 0) is 74.8 Å². The van der Waals surface area contributed by atoms with Gasteiger partial charge in [-0.25, -0.2) is 13.6 Å². The van der Waals surface area contributed by atoms with Crippen LogP contribution in [0.2, 0.25) is 0 Å². The third-order valence-electron chi connectivity index (χ3n) is 7.13. The minimum absolute atomic E-state index is 0.143. The van der Waals surface area contributed by atoms with E-state index in [4.69, 9.17) is 15.2 Å². The van der Waals surface area contributed by atoms with Gasteiger partial charge in [0.15, 0.2) is 0 Å². The number of methoxy groups -OCH3 is 1. The van der Waals surface area contributed by atoms with E-state index in [9.17, 15) is 13.6 Å². The number of aryl methyl sites for hydroxylation is 1. The van der Waals surface area contributed by atoms with Crippen molar-refractivity contribution in [2.45, 2.75) is 76.5 Å². The normalized spacial score (nSPS) is 24.0. The first-order valence-electron chi connectivity index (χ1n) is 12.3. The Hall–Kier alpha value is -2.67. The van der Waals surface area contributed by atoms with Crippen LogP contribution in [0.5, 0.6) is 5.75 Å². The fourth-order valence-electron chi connectivity index (χ4n) is 5.45. The predicted molar refractivity (Wildman–Crippen MR) is 132 cm³/mol. The number of rotatable bonds is 4. The number of ether oxygens (including phenoxy) is 2. The van der Waals surface area contributed by atoms with Crippen LogP contribution in [0.1, 0.15) is 62.3 Å². The summed E-state index contributed by atoms with van der Waals surface area (Å²) in [6.07, 6.45) is 1.51. The molecule has 2 aromatic carbocycles. The van der Waals surface area contributed by atoms with E-state index >= 15 is 0 Å². The average molecular weight is 487 g/mol. The van der Waals surface area contributed by atoms with E-state index < -0.39 is 23.3 Å². The Morgan fingerprint density at radius 2 is 1.89 bits per heavy atom. The number of carbonyl (C=O) groups is 1. The number of hydrogen-bond acceptors (Lipinski definition) is 4. The van der Waals surface area contributed by atoms with Crippen molar-refractivity contribution in [2.75, 3.05) is 13.7 Å². The Labute approximate surface area is 206 Å². The quantitative estimate of drug-likeness (QED) is 0.591. The van der Waals surface area contributed by atoms with E-state index in [1.54, 1.807) is 12.0 Å². The first-order chi connectivity index (χ1) is 16.4. The predicted octanol–water partition coefficient (Wildman–Crippen LogP) is 5.82. The maximum absolute atomic E-state index is 14.2. The van der Waals surface area contributed by atoms with E-state index in [1.807, 2.05) is 63.2 Å². The average Bonchev–Trinajstić information content (AvgIpc) is 2.78. The standard InChI is InChI=1S/C28H36F2N2O3/c1-26(2,3)35-25(33)32-14-8-11-23(28(32,31)22-9-6-5-7-10-22)16-20-15-21-18-27(29,30)13-12-19(21)17-24(20)34-4/h5-7,9-10,15,17,23H,8,11-14,16,18,31H2,1-4H3/t23-,28+/m0/s1. The molecule has 1 aliphatic carbocycles. The maximum Gasteiger partial charge on any atom is 0.412 e. The minimum atomic E-state index is -2.70. The zero-order valence-corrected chi connectivity index (χ0v) is 21.1. The number of carbonyl (C=O) groups excluding carboxylic acids is 1. The van der Waals surface area contributed by atoms with Crippen LogP contribution in [0, 0.1) is 5.92 Å². The van der Waals surface area contributed by atoms with Crippen molar-refractivity contribution in [2.24, 2.45) is 11.7 Å². The summed E-state index contributed by atoms with van der Waals surface area (Å²) in [5.41, 5.74) is 8.63. The molecule has 5 nitrogen and oxygen atoms in total. The molecular formula is C28H36F2N2O3. The highest BCUT2D eigenvalue weighted by Gasteiger charge is 2.48. The molecule has 1 saturated heterocycles. The highest BCUT2D eigenvalue weighted by molar-refractivity contribution is 5.70. The molecule has 2 N–H and O–H groups in total. The van der Waals surface area contributed by atoms with Crippen LogP contribution >= 0.6 is 0 Å². The molecule has 2 aromatic rings. The third-order valence-corrected chi connectivity index (χ3v) is 7.13. The second-order valence-electron chi connectivity index (χ2n) is 10.8. The van der Waals surface area contributed by atoms with Gasteiger partial charge >= 0.3 is 6.09 Å².